The number of carboxylic acid groups (broad SMARTS) is 2. The third kappa shape index (κ3) is 11.4. The molecule has 7 rings (SSSR count). The number of hydrogen-bond donors (Lipinski definition) is 2. The third-order valence-corrected chi connectivity index (χ3v) is 11.6. The molecule has 0 bridgehead atoms. The fraction of sp³-hybridized carbons (Fsp3) is 0.205. The van der Waals surface area contributed by atoms with E-state index in [0.717, 1.165) is 16.7 Å². The van der Waals surface area contributed by atoms with Crippen molar-refractivity contribution in [2.45, 2.75) is 25.7 Å². The van der Waals surface area contributed by atoms with E-state index in [0.29, 0.717) is 49.6 Å². The number of thiazole rings is 2. The van der Waals surface area contributed by atoms with Crippen molar-refractivity contribution in [1.82, 2.24) is 15.0 Å². The first-order valence-corrected chi connectivity index (χ1v) is 20.9. The van der Waals surface area contributed by atoms with Crippen molar-refractivity contribution in [1.29, 1.82) is 0 Å². The standard InChI is InChI=1S/C25H23N3O5S.C19H16ClFN2O4S/c1-28(24(31)17(13-23(29)30)12-18-6-5-11-33-18)25-27-21(15-34-25)20-8-4-3-7-19(20)16-9-10-22(32-2)26-14-16;1-23(18(26)11(8-17(24)25)7-13-3-2-6-27-13)19-22-16(10-28-19)14-9-12(21)4-5-15(14)20/h3-11,14-15,17H,12-13H2,1-2H3,(H,29,30);2-6,9-11H,7-8H2,1H3,(H,24,25)/t17-;11-/m11/s1. The Morgan fingerprint density at radius 3 is 1.74 bits per heavy atom. The number of aromatic nitrogens is 3. The molecule has 7 aromatic rings. The first kappa shape index (κ1) is 44.9. The van der Waals surface area contributed by atoms with Crippen LogP contribution >= 0.6 is 34.3 Å². The molecule has 0 spiro atoms. The molecule has 320 valence electrons. The summed E-state index contributed by atoms with van der Waals surface area (Å²) in [6, 6.07) is 22.3. The molecule has 18 heteroatoms. The number of anilines is 2. The van der Waals surface area contributed by atoms with Crippen LogP contribution in [-0.2, 0) is 32.0 Å². The normalized spacial score (nSPS) is 11.8. The number of hydrogen-bond acceptors (Lipinski definition) is 12. The zero-order chi connectivity index (χ0) is 44.3. The fourth-order valence-electron chi connectivity index (χ4n) is 6.39. The maximum atomic E-state index is 13.5. The van der Waals surface area contributed by atoms with Crippen LogP contribution in [0.3, 0.4) is 0 Å². The Balaban J connectivity index is 0.000000211. The molecule has 0 saturated heterocycles. The molecule has 0 radical (unpaired) electrons. The van der Waals surface area contributed by atoms with Crippen molar-refractivity contribution in [3.63, 3.8) is 0 Å². The van der Waals surface area contributed by atoms with E-state index in [2.05, 4.69) is 15.0 Å². The minimum Gasteiger partial charge on any atom is -0.481 e. The van der Waals surface area contributed by atoms with E-state index in [4.69, 9.17) is 30.3 Å². The summed E-state index contributed by atoms with van der Waals surface area (Å²) in [4.78, 5) is 64.7. The SMILES string of the molecule is CN(C(=O)[C@@H](CC(=O)O)Cc1ccco1)c1nc(-c2cc(F)ccc2Cl)cs1.COc1ccc(-c2ccccc2-c2csc(N(C)C(=O)[C@@H](CC(=O)O)Cc3ccco3)n2)cn1. The molecule has 0 fully saturated rings. The smallest absolute Gasteiger partial charge is 0.304 e. The summed E-state index contributed by atoms with van der Waals surface area (Å²) < 4.78 is 29.2. The number of furan rings is 2. The van der Waals surface area contributed by atoms with E-state index in [1.54, 1.807) is 56.1 Å². The van der Waals surface area contributed by atoms with Crippen molar-refractivity contribution >= 4 is 68.3 Å². The molecule has 0 aliphatic carbocycles. The molecule has 5 aromatic heterocycles. The quantitative estimate of drug-likeness (QED) is 0.0937. The number of rotatable bonds is 16. The Hall–Kier alpha value is -6.69. The van der Waals surface area contributed by atoms with Crippen molar-refractivity contribution in [3.05, 3.63) is 131 Å². The lowest BCUT2D eigenvalue weighted by molar-refractivity contribution is -0.141. The van der Waals surface area contributed by atoms with Crippen LogP contribution in [-0.4, -0.2) is 70.1 Å². The molecule has 5 heterocycles. The lowest BCUT2D eigenvalue weighted by Crippen LogP contribution is -2.35. The topological polar surface area (TPSA) is 189 Å². The minimum atomic E-state index is -1.08. The Labute approximate surface area is 367 Å². The van der Waals surface area contributed by atoms with Gasteiger partial charge in [-0.3, -0.25) is 29.0 Å². The van der Waals surface area contributed by atoms with E-state index in [9.17, 15) is 28.7 Å². The Bertz CT molecular complexity index is 2620. The fourth-order valence-corrected chi connectivity index (χ4v) is 8.20. The molecule has 14 nitrogen and oxygen atoms in total. The minimum absolute atomic E-state index is 0.163. The average Bonchev–Trinajstić information content (AvgIpc) is 4.12. The number of amides is 2. The van der Waals surface area contributed by atoms with Gasteiger partial charge in [-0.1, -0.05) is 35.9 Å². The summed E-state index contributed by atoms with van der Waals surface area (Å²) in [6.07, 6.45) is 4.45. The van der Waals surface area contributed by atoms with Crippen LogP contribution in [0.5, 0.6) is 5.88 Å². The zero-order valence-electron chi connectivity index (χ0n) is 33.4. The second-order valence-corrected chi connectivity index (χ2v) is 15.8. The summed E-state index contributed by atoms with van der Waals surface area (Å²) in [5, 5.41) is 23.2. The number of benzene rings is 2. The van der Waals surface area contributed by atoms with Crippen molar-refractivity contribution in [2.24, 2.45) is 11.8 Å². The summed E-state index contributed by atoms with van der Waals surface area (Å²) in [7, 11) is 4.70. The van der Waals surface area contributed by atoms with E-state index in [-0.39, 0.29) is 31.6 Å². The predicted octanol–water partition coefficient (Wildman–Crippen LogP) is 9.26. The van der Waals surface area contributed by atoms with Crippen LogP contribution in [0.4, 0.5) is 14.7 Å². The molecular weight excluding hydrogens is 861 g/mol. The van der Waals surface area contributed by atoms with Gasteiger partial charge in [0, 0.05) is 66.7 Å². The number of nitrogens with zero attached hydrogens (tertiary/aromatic N) is 5. The highest BCUT2D eigenvalue weighted by molar-refractivity contribution is 7.14. The van der Waals surface area contributed by atoms with Gasteiger partial charge in [0.2, 0.25) is 17.7 Å². The highest BCUT2D eigenvalue weighted by atomic mass is 35.5. The summed E-state index contributed by atoms with van der Waals surface area (Å²) in [5.41, 5.74) is 4.33. The van der Waals surface area contributed by atoms with Gasteiger partial charge >= 0.3 is 11.9 Å². The molecule has 2 amide bonds. The van der Waals surface area contributed by atoms with Gasteiger partial charge in [-0.05, 0) is 54.1 Å². The molecule has 0 aliphatic heterocycles. The van der Waals surface area contributed by atoms with Gasteiger partial charge in [0.1, 0.15) is 17.3 Å². The molecule has 62 heavy (non-hydrogen) atoms. The van der Waals surface area contributed by atoms with Crippen LogP contribution in [0.15, 0.2) is 117 Å². The zero-order valence-corrected chi connectivity index (χ0v) is 35.8. The molecule has 2 N–H and O–H groups in total. The number of pyridine rings is 1. The monoisotopic (exact) mass is 899 g/mol. The van der Waals surface area contributed by atoms with Gasteiger partial charge in [0.15, 0.2) is 10.3 Å². The Morgan fingerprint density at radius 1 is 0.742 bits per heavy atom. The molecule has 0 unspecified atom stereocenters. The van der Waals surface area contributed by atoms with Crippen LogP contribution in [0.2, 0.25) is 5.02 Å². The molecule has 0 aliphatic rings. The maximum Gasteiger partial charge on any atom is 0.304 e. The molecule has 2 atom stereocenters. The van der Waals surface area contributed by atoms with E-state index in [1.807, 2.05) is 35.7 Å². The molecule has 2 aromatic carbocycles. The van der Waals surface area contributed by atoms with Gasteiger partial charge in [0.05, 0.1) is 60.7 Å². The lowest BCUT2D eigenvalue weighted by atomic mass is 9.98. The number of halogens is 2. The Kier molecular flexibility index (Phi) is 15.0. The second-order valence-electron chi connectivity index (χ2n) is 13.7. The lowest BCUT2D eigenvalue weighted by Gasteiger charge is -2.20. The predicted molar refractivity (Wildman–Crippen MR) is 233 cm³/mol. The number of methoxy groups -OCH3 is 1. The summed E-state index contributed by atoms with van der Waals surface area (Å²) in [5.74, 6) is -3.24. The van der Waals surface area contributed by atoms with Crippen LogP contribution in [0.1, 0.15) is 24.4 Å². The number of carbonyl (C=O) groups is 4. The summed E-state index contributed by atoms with van der Waals surface area (Å²) >= 11 is 8.62. The van der Waals surface area contributed by atoms with Gasteiger partial charge in [-0.25, -0.2) is 19.3 Å². The largest absolute Gasteiger partial charge is 0.481 e. The second kappa shape index (κ2) is 20.7. The van der Waals surface area contributed by atoms with Gasteiger partial charge in [-0.15, -0.1) is 22.7 Å². The van der Waals surface area contributed by atoms with Gasteiger partial charge < -0.3 is 23.8 Å². The first-order valence-electron chi connectivity index (χ1n) is 18.8. The van der Waals surface area contributed by atoms with Crippen molar-refractivity contribution < 1.29 is 47.4 Å². The van der Waals surface area contributed by atoms with Gasteiger partial charge in [-0.2, -0.15) is 0 Å². The summed E-state index contributed by atoms with van der Waals surface area (Å²) in [6.45, 7) is 0. The molecular formula is C44H39ClFN5O9S2. The number of carboxylic acids is 2. The van der Waals surface area contributed by atoms with E-state index >= 15 is 0 Å². The Morgan fingerprint density at radius 2 is 1.27 bits per heavy atom. The average molecular weight is 900 g/mol. The first-order chi connectivity index (χ1) is 29.8. The van der Waals surface area contributed by atoms with Crippen LogP contribution in [0.25, 0.3) is 33.6 Å². The number of ether oxygens (including phenoxy) is 1. The highest BCUT2D eigenvalue weighted by Gasteiger charge is 2.30. The van der Waals surface area contributed by atoms with Crippen LogP contribution in [0, 0.1) is 17.7 Å². The van der Waals surface area contributed by atoms with Crippen molar-refractivity contribution in [2.75, 3.05) is 31.0 Å². The van der Waals surface area contributed by atoms with Gasteiger partial charge in [0.25, 0.3) is 0 Å². The van der Waals surface area contributed by atoms with E-state index in [1.165, 1.54) is 70.2 Å². The third-order valence-electron chi connectivity index (χ3n) is 9.48. The maximum absolute atomic E-state index is 13.5. The number of carbonyl (C=O) groups excluding carboxylic acids is 2. The van der Waals surface area contributed by atoms with E-state index < -0.39 is 35.5 Å². The number of aliphatic carboxylic acids is 2. The van der Waals surface area contributed by atoms with Crippen molar-refractivity contribution in [3.8, 4) is 39.5 Å². The molecule has 0 saturated carbocycles. The highest BCUT2D eigenvalue weighted by Crippen LogP contribution is 2.36. The van der Waals surface area contributed by atoms with Crippen LogP contribution < -0.4 is 14.5 Å².